The molecule has 0 bridgehead atoms. The van der Waals surface area contributed by atoms with Gasteiger partial charge in [0.2, 0.25) is 0 Å². The summed E-state index contributed by atoms with van der Waals surface area (Å²) in [6.07, 6.45) is 1.08. The summed E-state index contributed by atoms with van der Waals surface area (Å²) in [5.41, 5.74) is -0.184. The first-order valence-corrected chi connectivity index (χ1v) is 5.45. The Balaban J connectivity index is 2.87. The lowest BCUT2D eigenvalue weighted by molar-refractivity contribution is -0.138. The molecular weight excluding hydrogens is 259 g/mol. The zero-order chi connectivity index (χ0) is 13.5. The summed E-state index contributed by atoms with van der Waals surface area (Å²) >= 11 is 5.69. The Hall–Kier alpha value is -2.06. The molecule has 0 radical (unpaired) electrons. The second-order valence-electron chi connectivity index (χ2n) is 3.16. The third kappa shape index (κ3) is 3.75. The molecule has 1 aromatic rings. The minimum absolute atomic E-state index is 0.0690. The molecule has 0 saturated heterocycles. The Morgan fingerprint density at radius 2 is 2.39 bits per heavy atom. The minimum Gasteiger partial charge on any atom is -0.462 e. The number of nitrogens with zero attached hydrogens (tertiary/aromatic N) is 1. The number of halogens is 2. The van der Waals surface area contributed by atoms with Crippen molar-refractivity contribution in [3.05, 3.63) is 40.8 Å². The highest BCUT2D eigenvalue weighted by atomic mass is 35.5. The molecule has 0 atom stereocenters. The third-order valence-corrected chi connectivity index (χ3v) is 2.15. The summed E-state index contributed by atoms with van der Waals surface area (Å²) in [7, 11) is 0. The van der Waals surface area contributed by atoms with Gasteiger partial charge in [-0.05, 0) is 25.1 Å². The van der Waals surface area contributed by atoms with Crippen molar-refractivity contribution in [3.8, 4) is 6.07 Å². The van der Waals surface area contributed by atoms with Gasteiger partial charge in [-0.1, -0.05) is 11.6 Å². The van der Waals surface area contributed by atoms with Gasteiger partial charge in [-0.3, -0.25) is 0 Å². The van der Waals surface area contributed by atoms with Crippen LogP contribution < -0.4 is 5.32 Å². The van der Waals surface area contributed by atoms with Crippen LogP contribution in [-0.4, -0.2) is 12.6 Å². The lowest BCUT2D eigenvalue weighted by Gasteiger charge is -2.04. The van der Waals surface area contributed by atoms with Crippen LogP contribution in [0.2, 0.25) is 5.02 Å². The average molecular weight is 269 g/mol. The zero-order valence-electron chi connectivity index (χ0n) is 9.54. The van der Waals surface area contributed by atoms with Crippen molar-refractivity contribution >= 4 is 23.3 Å². The maximum Gasteiger partial charge on any atom is 0.350 e. The molecule has 0 amide bonds. The number of anilines is 1. The molecule has 1 rings (SSSR count). The molecule has 0 heterocycles. The van der Waals surface area contributed by atoms with Crippen molar-refractivity contribution in [2.75, 3.05) is 11.9 Å². The van der Waals surface area contributed by atoms with Crippen LogP contribution in [0.4, 0.5) is 10.1 Å². The summed E-state index contributed by atoms with van der Waals surface area (Å²) < 4.78 is 18.0. The fourth-order valence-corrected chi connectivity index (χ4v) is 1.28. The number of carbonyl (C=O) groups is 1. The number of rotatable bonds is 4. The molecule has 0 aliphatic heterocycles. The maximum atomic E-state index is 13.3. The summed E-state index contributed by atoms with van der Waals surface area (Å²) in [4.78, 5) is 11.3. The van der Waals surface area contributed by atoms with E-state index >= 15 is 0 Å². The molecule has 4 nitrogen and oxygen atoms in total. The van der Waals surface area contributed by atoms with Crippen molar-refractivity contribution in [2.24, 2.45) is 0 Å². The van der Waals surface area contributed by atoms with Gasteiger partial charge in [-0.15, -0.1) is 0 Å². The van der Waals surface area contributed by atoms with Crippen molar-refractivity contribution in [3.63, 3.8) is 0 Å². The molecule has 0 spiro atoms. The topological polar surface area (TPSA) is 62.1 Å². The minimum atomic E-state index is -0.769. The second kappa shape index (κ2) is 6.62. The highest BCUT2D eigenvalue weighted by Gasteiger charge is 2.10. The molecule has 0 aliphatic carbocycles. The monoisotopic (exact) mass is 268 g/mol. The zero-order valence-corrected chi connectivity index (χ0v) is 10.3. The van der Waals surface area contributed by atoms with E-state index in [0.29, 0.717) is 5.02 Å². The van der Waals surface area contributed by atoms with E-state index < -0.39 is 11.8 Å². The van der Waals surface area contributed by atoms with Crippen LogP contribution in [-0.2, 0) is 9.53 Å². The number of hydrogen-bond donors (Lipinski definition) is 1. The molecule has 18 heavy (non-hydrogen) atoms. The van der Waals surface area contributed by atoms with Gasteiger partial charge in [0.15, 0.2) is 5.57 Å². The van der Waals surface area contributed by atoms with E-state index in [9.17, 15) is 9.18 Å². The number of hydrogen-bond acceptors (Lipinski definition) is 4. The number of benzene rings is 1. The Kier molecular flexibility index (Phi) is 5.15. The standard InChI is InChI=1S/C12H10ClFN2O2/c1-2-18-12(17)8(6-15)7-16-11-5-9(13)3-4-10(11)14/h3-5,7,16H,2H2,1H3/b8-7-. The van der Waals surface area contributed by atoms with Crippen LogP contribution in [0, 0.1) is 17.1 Å². The number of nitriles is 1. The van der Waals surface area contributed by atoms with Gasteiger partial charge in [0.25, 0.3) is 0 Å². The normalized spacial score (nSPS) is 10.7. The van der Waals surface area contributed by atoms with Crippen LogP contribution in [0.5, 0.6) is 0 Å². The number of nitrogens with one attached hydrogen (secondary N) is 1. The molecule has 0 unspecified atom stereocenters. The molecule has 6 heteroatoms. The highest BCUT2D eigenvalue weighted by Crippen LogP contribution is 2.19. The fourth-order valence-electron chi connectivity index (χ4n) is 1.10. The molecule has 0 saturated carbocycles. The summed E-state index contributed by atoms with van der Waals surface area (Å²) in [5.74, 6) is -1.31. The smallest absolute Gasteiger partial charge is 0.350 e. The highest BCUT2D eigenvalue weighted by molar-refractivity contribution is 6.30. The van der Waals surface area contributed by atoms with Gasteiger partial charge in [0.05, 0.1) is 12.3 Å². The molecule has 0 fully saturated rings. The first-order chi connectivity index (χ1) is 8.58. The van der Waals surface area contributed by atoms with Crippen molar-refractivity contribution < 1.29 is 13.9 Å². The summed E-state index contributed by atoms with van der Waals surface area (Å²) in [5, 5.41) is 11.6. The van der Waals surface area contributed by atoms with Gasteiger partial charge < -0.3 is 10.1 Å². The van der Waals surface area contributed by atoms with E-state index in [4.69, 9.17) is 16.9 Å². The Morgan fingerprint density at radius 1 is 1.67 bits per heavy atom. The maximum absolute atomic E-state index is 13.3. The number of ether oxygens (including phenoxy) is 1. The van der Waals surface area contributed by atoms with Gasteiger partial charge in [0, 0.05) is 11.2 Å². The van der Waals surface area contributed by atoms with Crippen molar-refractivity contribution in [1.29, 1.82) is 5.26 Å². The summed E-state index contributed by atoms with van der Waals surface area (Å²) in [6.45, 7) is 1.78. The SMILES string of the molecule is CCOC(=O)/C(C#N)=C\Nc1cc(Cl)ccc1F. The van der Waals surface area contributed by atoms with Crippen molar-refractivity contribution in [1.82, 2.24) is 0 Å². The fraction of sp³-hybridized carbons (Fsp3) is 0.167. The average Bonchev–Trinajstić information content (AvgIpc) is 2.34. The van der Waals surface area contributed by atoms with Gasteiger partial charge in [0.1, 0.15) is 11.9 Å². The van der Waals surface area contributed by atoms with Crippen molar-refractivity contribution in [2.45, 2.75) is 6.92 Å². The Labute approximate surface area is 109 Å². The largest absolute Gasteiger partial charge is 0.462 e. The first-order valence-electron chi connectivity index (χ1n) is 5.07. The van der Waals surface area contributed by atoms with Crippen LogP contribution >= 0.6 is 11.6 Å². The predicted octanol–water partition coefficient (Wildman–Crippen LogP) is 2.86. The molecule has 1 N–H and O–H groups in total. The molecule has 0 aromatic heterocycles. The third-order valence-electron chi connectivity index (χ3n) is 1.92. The van der Waals surface area contributed by atoms with E-state index in [1.165, 1.54) is 18.2 Å². The van der Waals surface area contributed by atoms with E-state index in [2.05, 4.69) is 10.1 Å². The van der Waals surface area contributed by atoms with Crippen LogP contribution in [0.3, 0.4) is 0 Å². The number of esters is 1. The van der Waals surface area contributed by atoms with E-state index in [0.717, 1.165) is 6.20 Å². The lowest BCUT2D eigenvalue weighted by atomic mass is 10.3. The molecular formula is C12H10ClFN2O2. The Morgan fingerprint density at radius 3 is 3.00 bits per heavy atom. The predicted molar refractivity (Wildman–Crippen MR) is 65.4 cm³/mol. The van der Waals surface area contributed by atoms with E-state index in [1.54, 1.807) is 13.0 Å². The Bertz CT molecular complexity index is 523. The quantitative estimate of drug-likeness (QED) is 0.518. The van der Waals surface area contributed by atoms with Gasteiger partial charge >= 0.3 is 5.97 Å². The summed E-state index contributed by atoms with van der Waals surface area (Å²) in [6, 6.07) is 5.57. The van der Waals surface area contributed by atoms with Gasteiger partial charge in [-0.2, -0.15) is 5.26 Å². The van der Waals surface area contributed by atoms with Gasteiger partial charge in [-0.25, -0.2) is 9.18 Å². The van der Waals surface area contributed by atoms with Crippen LogP contribution in [0.1, 0.15) is 6.92 Å². The second-order valence-corrected chi connectivity index (χ2v) is 3.60. The van der Waals surface area contributed by atoms with Crippen LogP contribution in [0.15, 0.2) is 30.0 Å². The van der Waals surface area contributed by atoms with E-state index in [-0.39, 0.29) is 17.9 Å². The molecule has 94 valence electrons. The lowest BCUT2D eigenvalue weighted by Crippen LogP contribution is -2.08. The first kappa shape index (κ1) is 14.0. The van der Waals surface area contributed by atoms with Crippen LogP contribution in [0.25, 0.3) is 0 Å². The molecule has 0 aliphatic rings. The molecule has 1 aromatic carbocycles. The van der Waals surface area contributed by atoms with E-state index in [1.807, 2.05) is 0 Å². The number of carbonyl (C=O) groups excluding carboxylic acids is 1.